The number of aromatic nitrogens is 2. The van der Waals surface area contributed by atoms with E-state index in [0.29, 0.717) is 48.2 Å². The number of H-pyrrole nitrogens is 1. The molecule has 0 amide bonds. The van der Waals surface area contributed by atoms with E-state index in [1.165, 1.54) is 6.07 Å². The molecule has 2 aromatic carbocycles. The first-order valence-corrected chi connectivity index (χ1v) is 11.9. The molecule has 0 unspecified atom stereocenters. The second-order valence-corrected chi connectivity index (χ2v) is 9.08. The van der Waals surface area contributed by atoms with Gasteiger partial charge >= 0.3 is 7.12 Å². The summed E-state index contributed by atoms with van der Waals surface area (Å²) in [4.78, 5) is 7.22. The van der Waals surface area contributed by atoms with E-state index in [-0.39, 0.29) is 4.90 Å². The van der Waals surface area contributed by atoms with Crippen molar-refractivity contribution in [3.63, 3.8) is 0 Å². The van der Waals surface area contributed by atoms with E-state index in [2.05, 4.69) is 26.9 Å². The predicted molar refractivity (Wildman–Crippen MR) is 122 cm³/mol. The number of hydrogen-bond acceptors (Lipinski definition) is 7. The first-order chi connectivity index (χ1) is 15.5. The Kier molecular flexibility index (Phi) is 6.68. The summed E-state index contributed by atoms with van der Waals surface area (Å²) in [6, 6.07) is 9.80. The fraction of sp³-hybridized carbons (Fsp3) is 0.286. The molecule has 4 rings (SSSR count). The highest BCUT2D eigenvalue weighted by Gasteiger charge is 2.28. The minimum absolute atomic E-state index is 0.0733. The van der Waals surface area contributed by atoms with E-state index >= 15 is 0 Å². The number of ether oxygens (including phenoxy) is 1. The van der Waals surface area contributed by atoms with Crippen molar-refractivity contribution in [2.24, 2.45) is 0 Å². The van der Waals surface area contributed by atoms with Gasteiger partial charge in [-0.25, -0.2) is 13.4 Å². The Labute approximate surface area is 187 Å². The minimum atomic E-state index is -3.93. The van der Waals surface area contributed by atoms with E-state index < -0.39 is 17.1 Å². The summed E-state index contributed by atoms with van der Waals surface area (Å²) in [6.07, 6.45) is 5.24. The van der Waals surface area contributed by atoms with E-state index in [1.807, 2.05) is 0 Å². The number of benzene rings is 2. The van der Waals surface area contributed by atoms with Crippen LogP contribution in [0, 0.1) is 0 Å². The van der Waals surface area contributed by atoms with Crippen LogP contribution in [-0.2, 0) is 27.8 Å². The molecule has 2 heterocycles. The van der Waals surface area contributed by atoms with Crippen molar-refractivity contribution in [2.45, 2.75) is 37.8 Å². The Hall–Kier alpha value is -3.02. The lowest BCUT2D eigenvalue weighted by atomic mass is 9.79. The third kappa shape index (κ3) is 5.06. The number of anilines is 2. The van der Waals surface area contributed by atoms with Crippen molar-refractivity contribution in [2.75, 3.05) is 16.6 Å². The second kappa shape index (κ2) is 9.64. The van der Waals surface area contributed by atoms with E-state index in [9.17, 15) is 13.4 Å². The number of rotatable bonds is 10. The molecule has 0 saturated heterocycles. The molecule has 4 N–H and O–H groups in total. The Morgan fingerprint density at radius 3 is 2.94 bits per heavy atom. The molecule has 0 atom stereocenters. The number of unbranched alkanes of at least 4 members (excludes halogenated alkanes) is 1. The molecule has 0 bridgehead atoms. The lowest BCUT2D eigenvalue weighted by molar-refractivity contribution is 0.275. The molecule has 1 aromatic heterocycles. The zero-order valence-electron chi connectivity index (χ0n) is 17.7. The summed E-state index contributed by atoms with van der Waals surface area (Å²) in [5, 5.41) is 13.0. The maximum absolute atomic E-state index is 13.2. The average molecular weight is 456 g/mol. The van der Waals surface area contributed by atoms with Gasteiger partial charge in [0.2, 0.25) is 0 Å². The fourth-order valence-corrected chi connectivity index (χ4v) is 4.58. The molecule has 0 fully saturated rings. The van der Waals surface area contributed by atoms with Crippen LogP contribution in [0.15, 0.2) is 53.7 Å². The third-order valence-electron chi connectivity index (χ3n) is 5.07. The topological polar surface area (TPSA) is 126 Å². The molecular weight excluding hydrogens is 431 g/mol. The van der Waals surface area contributed by atoms with Gasteiger partial charge in [0.05, 0.1) is 25.4 Å². The lowest BCUT2D eigenvalue weighted by Gasteiger charge is -2.16. The van der Waals surface area contributed by atoms with Crippen molar-refractivity contribution in [3.8, 4) is 5.75 Å². The number of hydrogen-bond donors (Lipinski definition) is 4. The van der Waals surface area contributed by atoms with Gasteiger partial charge in [-0.1, -0.05) is 19.4 Å². The number of sulfonamides is 1. The summed E-state index contributed by atoms with van der Waals surface area (Å²) in [6.45, 7) is 3.24. The molecule has 9 nitrogen and oxygen atoms in total. The van der Waals surface area contributed by atoms with Gasteiger partial charge in [0, 0.05) is 24.1 Å². The number of aromatic amines is 1. The summed E-state index contributed by atoms with van der Waals surface area (Å²) >= 11 is 0. The summed E-state index contributed by atoms with van der Waals surface area (Å²) < 4.78 is 40.0. The summed E-state index contributed by atoms with van der Waals surface area (Å²) in [5.41, 5.74) is 2.12. The van der Waals surface area contributed by atoms with Crippen LogP contribution in [0.2, 0.25) is 0 Å². The first-order valence-electron chi connectivity index (χ1n) is 10.4. The van der Waals surface area contributed by atoms with Crippen molar-refractivity contribution in [1.82, 2.24) is 9.97 Å². The molecule has 0 radical (unpaired) electrons. The SMILES string of the molecule is CCCCOc1ccc(S(=O)(=O)Nc2ccc3c(c2)B(O)OC3)c(NCc2ncc[nH]2)c1. The van der Waals surface area contributed by atoms with Gasteiger partial charge in [-0.05, 0) is 41.7 Å². The Morgan fingerprint density at radius 1 is 1.28 bits per heavy atom. The monoisotopic (exact) mass is 456 g/mol. The smallest absolute Gasteiger partial charge is 0.491 e. The molecule has 0 spiro atoms. The van der Waals surface area contributed by atoms with Crippen LogP contribution in [-0.4, -0.2) is 37.1 Å². The van der Waals surface area contributed by atoms with E-state index in [0.717, 1.165) is 18.4 Å². The van der Waals surface area contributed by atoms with Crippen LogP contribution in [0.4, 0.5) is 11.4 Å². The molecule has 3 aromatic rings. The third-order valence-corrected chi connectivity index (χ3v) is 6.51. The van der Waals surface area contributed by atoms with Crippen LogP contribution in [0.5, 0.6) is 5.75 Å². The normalized spacial score (nSPS) is 13.1. The van der Waals surface area contributed by atoms with Crippen LogP contribution in [0.25, 0.3) is 0 Å². The quantitative estimate of drug-likeness (QED) is 0.272. The summed E-state index contributed by atoms with van der Waals surface area (Å²) in [7, 11) is -4.99. The zero-order valence-corrected chi connectivity index (χ0v) is 18.5. The van der Waals surface area contributed by atoms with Gasteiger partial charge in [0.1, 0.15) is 16.5 Å². The predicted octanol–water partition coefficient (Wildman–Crippen LogP) is 2.22. The second-order valence-electron chi connectivity index (χ2n) is 7.43. The van der Waals surface area contributed by atoms with Gasteiger partial charge < -0.3 is 24.7 Å². The Morgan fingerprint density at radius 2 is 2.16 bits per heavy atom. The molecule has 1 aliphatic heterocycles. The van der Waals surface area contributed by atoms with Gasteiger partial charge in [-0.15, -0.1) is 0 Å². The van der Waals surface area contributed by atoms with Crippen LogP contribution in [0.3, 0.4) is 0 Å². The average Bonchev–Trinajstić information content (AvgIpc) is 3.42. The number of fused-ring (bicyclic) bond motifs is 1. The molecular formula is C21H25BN4O5S. The molecule has 0 saturated carbocycles. The molecule has 0 aliphatic carbocycles. The molecule has 168 valence electrons. The van der Waals surface area contributed by atoms with Crippen LogP contribution in [0.1, 0.15) is 31.2 Å². The van der Waals surface area contributed by atoms with E-state index in [4.69, 9.17) is 9.39 Å². The maximum atomic E-state index is 13.2. The number of imidazole rings is 1. The molecule has 32 heavy (non-hydrogen) atoms. The van der Waals surface area contributed by atoms with Gasteiger partial charge in [-0.3, -0.25) is 4.72 Å². The van der Waals surface area contributed by atoms with Gasteiger partial charge in [-0.2, -0.15) is 0 Å². The highest BCUT2D eigenvalue weighted by molar-refractivity contribution is 7.92. The van der Waals surface area contributed by atoms with Crippen molar-refractivity contribution in [3.05, 3.63) is 60.2 Å². The Balaban J connectivity index is 1.60. The number of nitrogens with one attached hydrogen (secondary N) is 3. The molecule has 1 aliphatic rings. The first kappa shape index (κ1) is 22.2. The lowest BCUT2D eigenvalue weighted by Crippen LogP contribution is -2.28. The minimum Gasteiger partial charge on any atom is -0.494 e. The Bertz CT molecular complexity index is 1170. The highest BCUT2D eigenvalue weighted by Crippen LogP contribution is 2.29. The van der Waals surface area contributed by atoms with Crippen molar-refractivity contribution in [1.29, 1.82) is 0 Å². The van der Waals surface area contributed by atoms with Gasteiger partial charge in [0.15, 0.2) is 0 Å². The highest BCUT2D eigenvalue weighted by atomic mass is 32.2. The maximum Gasteiger partial charge on any atom is 0.491 e. The van der Waals surface area contributed by atoms with Gasteiger partial charge in [0.25, 0.3) is 10.0 Å². The zero-order chi connectivity index (χ0) is 22.6. The summed E-state index contributed by atoms with van der Waals surface area (Å²) in [5.74, 6) is 1.25. The molecule has 11 heteroatoms. The van der Waals surface area contributed by atoms with E-state index in [1.54, 1.807) is 42.7 Å². The van der Waals surface area contributed by atoms with Crippen molar-refractivity contribution < 1.29 is 22.8 Å². The standard InChI is InChI=1S/C21H25BN4O5S/c1-2-3-10-30-17-6-7-20(19(12-17)25-13-21-23-8-9-24-21)32(28,29)26-16-5-4-15-14-31-22(27)18(15)11-16/h4-9,11-12,25-27H,2-3,10,13-14H2,1H3,(H,23,24). The number of nitrogens with zero attached hydrogens (tertiary/aromatic N) is 1. The van der Waals surface area contributed by atoms with Crippen LogP contribution < -0.4 is 20.2 Å². The van der Waals surface area contributed by atoms with Crippen LogP contribution >= 0.6 is 0 Å². The van der Waals surface area contributed by atoms with Crippen molar-refractivity contribution >= 4 is 34.0 Å². The largest absolute Gasteiger partial charge is 0.494 e. The fourth-order valence-electron chi connectivity index (χ4n) is 3.37.